The second-order valence-electron chi connectivity index (χ2n) is 5.40. The maximum atomic E-state index is 11.3. The molecule has 3 rings (SSSR count). The molecule has 2 heterocycles. The van der Waals surface area contributed by atoms with E-state index < -0.39 is 5.60 Å². The molecule has 1 aliphatic heterocycles. The lowest BCUT2D eigenvalue weighted by Crippen LogP contribution is -2.19. The van der Waals surface area contributed by atoms with Gasteiger partial charge in [0.25, 0.3) is 0 Å². The molecule has 104 valence electrons. The Labute approximate surface area is 122 Å². The van der Waals surface area contributed by atoms with Gasteiger partial charge in [-0.15, -0.1) is 11.3 Å². The number of hydrogen-bond donors (Lipinski definition) is 1. The van der Waals surface area contributed by atoms with Gasteiger partial charge in [0.2, 0.25) is 0 Å². The van der Waals surface area contributed by atoms with Crippen LogP contribution in [0.15, 0.2) is 35.7 Å². The Morgan fingerprint density at radius 3 is 2.70 bits per heavy atom. The summed E-state index contributed by atoms with van der Waals surface area (Å²) < 4.78 is 5.45. The molecule has 2 aromatic rings. The zero-order valence-electron chi connectivity index (χ0n) is 11.6. The van der Waals surface area contributed by atoms with Crippen LogP contribution in [0.5, 0.6) is 0 Å². The number of anilines is 2. The second-order valence-corrected chi connectivity index (χ2v) is 6.31. The van der Waals surface area contributed by atoms with Crippen molar-refractivity contribution in [3.63, 3.8) is 0 Å². The van der Waals surface area contributed by atoms with Gasteiger partial charge in [-0.1, -0.05) is 17.7 Å². The van der Waals surface area contributed by atoms with Crippen molar-refractivity contribution in [2.24, 2.45) is 0 Å². The molecule has 3 nitrogen and oxygen atoms in total. The smallest absolute Gasteiger partial charge is 0.306 e. The number of benzene rings is 1. The first-order chi connectivity index (χ1) is 9.55. The van der Waals surface area contributed by atoms with E-state index in [1.807, 2.05) is 6.92 Å². The minimum atomic E-state index is -0.458. The summed E-state index contributed by atoms with van der Waals surface area (Å²) in [6.07, 6.45) is 1.26. The Balaban J connectivity index is 1.77. The Morgan fingerprint density at radius 2 is 2.05 bits per heavy atom. The van der Waals surface area contributed by atoms with Crippen LogP contribution < -0.4 is 5.32 Å². The highest BCUT2D eigenvalue weighted by atomic mass is 32.1. The van der Waals surface area contributed by atoms with Crippen molar-refractivity contribution >= 4 is 28.0 Å². The molecule has 1 saturated heterocycles. The summed E-state index contributed by atoms with van der Waals surface area (Å²) in [6, 6.07) is 10.4. The normalized spacial score (nSPS) is 21.8. The maximum Gasteiger partial charge on any atom is 0.306 e. The van der Waals surface area contributed by atoms with E-state index in [9.17, 15) is 4.79 Å². The highest BCUT2D eigenvalue weighted by Gasteiger charge is 2.38. The lowest BCUT2D eigenvalue weighted by atomic mass is 9.96. The van der Waals surface area contributed by atoms with Crippen LogP contribution in [0, 0.1) is 6.92 Å². The summed E-state index contributed by atoms with van der Waals surface area (Å²) in [4.78, 5) is 11.3. The van der Waals surface area contributed by atoms with Crippen molar-refractivity contribution in [3.05, 3.63) is 46.8 Å². The molecule has 20 heavy (non-hydrogen) atoms. The van der Waals surface area contributed by atoms with Crippen molar-refractivity contribution in [3.8, 4) is 0 Å². The van der Waals surface area contributed by atoms with Gasteiger partial charge in [0, 0.05) is 29.5 Å². The molecule has 4 heteroatoms. The van der Waals surface area contributed by atoms with E-state index in [1.54, 1.807) is 11.3 Å². The van der Waals surface area contributed by atoms with E-state index in [4.69, 9.17) is 4.74 Å². The van der Waals surface area contributed by atoms with Gasteiger partial charge < -0.3 is 10.1 Å². The fourth-order valence-electron chi connectivity index (χ4n) is 2.36. The SMILES string of the molecule is Cc1ccc(Nc2cc(C3(C)CCC(=O)O3)cs2)cc1. The van der Waals surface area contributed by atoms with Crippen molar-refractivity contribution < 1.29 is 9.53 Å². The van der Waals surface area contributed by atoms with Crippen molar-refractivity contribution in [2.45, 2.75) is 32.3 Å². The van der Waals surface area contributed by atoms with Gasteiger partial charge >= 0.3 is 5.97 Å². The van der Waals surface area contributed by atoms with E-state index in [2.05, 4.69) is 48.0 Å². The zero-order chi connectivity index (χ0) is 14.2. The molecule has 0 bridgehead atoms. The molecule has 1 atom stereocenters. The largest absolute Gasteiger partial charge is 0.454 e. The molecule has 1 unspecified atom stereocenters. The van der Waals surface area contributed by atoms with Crippen LogP contribution in [-0.2, 0) is 15.1 Å². The fraction of sp³-hybridized carbons (Fsp3) is 0.312. The van der Waals surface area contributed by atoms with Crippen LogP contribution in [0.1, 0.15) is 30.9 Å². The van der Waals surface area contributed by atoms with Crippen LogP contribution in [0.3, 0.4) is 0 Å². The summed E-state index contributed by atoms with van der Waals surface area (Å²) in [5.74, 6) is -0.105. The predicted molar refractivity (Wildman–Crippen MR) is 81.5 cm³/mol. The van der Waals surface area contributed by atoms with Gasteiger partial charge in [-0.2, -0.15) is 0 Å². The number of nitrogens with one attached hydrogen (secondary N) is 1. The third-order valence-corrected chi connectivity index (χ3v) is 4.52. The molecule has 0 radical (unpaired) electrons. The van der Waals surface area contributed by atoms with Crippen molar-refractivity contribution in [1.82, 2.24) is 0 Å². The summed E-state index contributed by atoms with van der Waals surface area (Å²) in [6.45, 7) is 4.05. The molecular weight excluding hydrogens is 270 g/mol. The Kier molecular flexibility index (Phi) is 3.26. The van der Waals surface area contributed by atoms with Gasteiger partial charge in [-0.3, -0.25) is 4.79 Å². The molecule has 1 aliphatic rings. The van der Waals surface area contributed by atoms with E-state index in [1.165, 1.54) is 5.56 Å². The average molecular weight is 287 g/mol. The van der Waals surface area contributed by atoms with Crippen LogP contribution >= 0.6 is 11.3 Å². The highest BCUT2D eigenvalue weighted by molar-refractivity contribution is 7.14. The number of cyclic esters (lactones) is 1. The second kappa shape index (κ2) is 4.94. The fourth-order valence-corrected chi connectivity index (χ4v) is 3.30. The Bertz CT molecular complexity index is 632. The molecule has 0 spiro atoms. The third-order valence-electron chi connectivity index (χ3n) is 3.67. The first-order valence-corrected chi connectivity index (χ1v) is 7.58. The third kappa shape index (κ3) is 2.56. The highest BCUT2D eigenvalue weighted by Crippen LogP contribution is 2.40. The summed E-state index contributed by atoms with van der Waals surface area (Å²) in [5, 5.41) is 6.51. The Morgan fingerprint density at radius 1 is 1.30 bits per heavy atom. The van der Waals surface area contributed by atoms with Crippen molar-refractivity contribution in [2.75, 3.05) is 5.32 Å². The standard InChI is InChI=1S/C16H17NO2S/c1-11-3-5-13(6-4-11)17-14-9-12(10-20-14)16(2)8-7-15(18)19-16/h3-6,9-10,17H,7-8H2,1-2H3. The molecule has 0 amide bonds. The number of carbonyl (C=O) groups is 1. The van der Waals surface area contributed by atoms with Gasteiger partial charge in [-0.25, -0.2) is 0 Å². The lowest BCUT2D eigenvalue weighted by Gasteiger charge is -2.21. The van der Waals surface area contributed by atoms with E-state index >= 15 is 0 Å². The zero-order valence-corrected chi connectivity index (χ0v) is 12.4. The van der Waals surface area contributed by atoms with Crippen LogP contribution in [0.2, 0.25) is 0 Å². The maximum absolute atomic E-state index is 11.3. The number of thiophene rings is 1. The van der Waals surface area contributed by atoms with Crippen LogP contribution in [-0.4, -0.2) is 5.97 Å². The monoisotopic (exact) mass is 287 g/mol. The van der Waals surface area contributed by atoms with E-state index in [0.29, 0.717) is 6.42 Å². The number of aryl methyl sites for hydroxylation is 1. The van der Waals surface area contributed by atoms with Crippen LogP contribution in [0.25, 0.3) is 0 Å². The summed E-state index contributed by atoms with van der Waals surface area (Å²) in [7, 11) is 0. The number of hydrogen-bond acceptors (Lipinski definition) is 4. The molecule has 0 aliphatic carbocycles. The van der Waals surface area contributed by atoms with E-state index in [-0.39, 0.29) is 5.97 Å². The van der Waals surface area contributed by atoms with Gasteiger partial charge in [-0.05, 0) is 32.0 Å². The lowest BCUT2D eigenvalue weighted by molar-refractivity contribution is -0.147. The van der Waals surface area contributed by atoms with Gasteiger partial charge in [0.1, 0.15) is 5.60 Å². The number of carbonyl (C=O) groups excluding carboxylic acids is 1. The number of rotatable bonds is 3. The van der Waals surface area contributed by atoms with Crippen LogP contribution in [0.4, 0.5) is 10.7 Å². The minimum absolute atomic E-state index is 0.105. The van der Waals surface area contributed by atoms with Crippen molar-refractivity contribution in [1.29, 1.82) is 0 Å². The minimum Gasteiger partial charge on any atom is -0.454 e. The predicted octanol–water partition coefficient (Wildman–Crippen LogP) is 4.35. The first-order valence-electron chi connectivity index (χ1n) is 6.70. The molecule has 1 fully saturated rings. The first kappa shape index (κ1) is 13.2. The molecule has 1 aromatic carbocycles. The number of ether oxygens (including phenoxy) is 1. The molecular formula is C16H17NO2S. The topological polar surface area (TPSA) is 38.3 Å². The number of esters is 1. The summed E-state index contributed by atoms with van der Waals surface area (Å²) in [5.41, 5.74) is 2.93. The average Bonchev–Trinajstić information content (AvgIpc) is 3.01. The van der Waals surface area contributed by atoms with Gasteiger partial charge in [0.05, 0.1) is 5.00 Å². The Hall–Kier alpha value is -1.81. The molecule has 0 saturated carbocycles. The van der Waals surface area contributed by atoms with Gasteiger partial charge in [0.15, 0.2) is 0 Å². The quantitative estimate of drug-likeness (QED) is 0.853. The molecule has 1 N–H and O–H groups in total. The molecule has 1 aromatic heterocycles. The van der Waals surface area contributed by atoms with E-state index in [0.717, 1.165) is 22.7 Å². The summed E-state index contributed by atoms with van der Waals surface area (Å²) >= 11 is 1.63.